The van der Waals surface area contributed by atoms with E-state index in [0.717, 1.165) is 44.0 Å². The molecular formula is C28H30N2O3. The molecule has 3 aromatic rings. The Morgan fingerprint density at radius 2 is 1.61 bits per heavy atom. The van der Waals surface area contributed by atoms with Crippen molar-refractivity contribution in [3.63, 3.8) is 0 Å². The predicted molar refractivity (Wildman–Crippen MR) is 129 cm³/mol. The molecule has 5 nitrogen and oxygen atoms in total. The van der Waals surface area contributed by atoms with Gasteiger partial charge in [0.1, 0.15) is 6.10 Å². The molecule has 3 aromatic carbocycles. The maximum atomic E-state index is 12.4. The van der Waals surface area contributed by atoms with E-state index in [4.69, 9.17) is 9.47 Å². The quantitative estimate of drug-likeness (QED) is 0.527. The predicted octanol–water partition coefficient (Wildman–Crippen LogP) is 5.19. The maximum Gasteiger partial charge on any atom is 0.410 e. The van der Waals surface area contributed by atoms with Crippen molar-refractivity contribution in [2.45, 2.75) is 26.1 Å². The van der Waals surface area contributed by atoms with Crippen LogP contribution in [0.15, 0.2) is 72.8 Å². The van der Waals surface area contributed by atoms with Crippen LogP contribution in [0.25, 0.3) is 11.1 Å². The van der Waals surface area contributed by atoms with Gasteiger partial charge in [0, 0.05) is 26.2 Å². The fourth-order valence-corrected chi connectivity index (χ4v) is 4.48. The van der Waals surface area contributed by atoms with Crippen LogP contribution in [0.4, 0.5) is 4.79 Å². The fourth-order valence-electron chi connectivity index (χ4n) is 4.48. The van der Waals surface area contributed by atoms with Crippen LogP contribution in [0, 0.1) is 6.92 Å². The lowest BCUT2D eigenvalue weighted by Crippen LogP contribution is -2.35. The topological polar surface area (TPSA) is 42.0 Å². The Morgan fingerprint density at radius 1 is 0.848 bits per heavy atom. The average Bonchev–Trinajstić information content (AvgIpc) is 3.21. The van der Waals surface area contributed by atoms with Gasteiger partial charge in [0.05, 0.1) is 19.8 Å². The average molecular weight is 443 g/mol. The summed E-state index contributed by atoms with van der Waals surface area (Å²) in [5, 5.41) is 0. The van der Waals surface area contributed by atoms with E-state index in [-0.39, 0.29) is 12.2 Å². The first-order valence-corrected chi connectivity index (χ1v) is 11.6. The van der Waals surface area contributed by atoms with Gasteiger partial charge in [0.15, 0.2) is 0 Å². The van der Waals surface area contributed by atoms with Crippen LogP contribution in [0.5, 0.6) is 0 Å². The molecule has 1 amide bonds. The zero-order chi connectivity index (χ0) is 22.6. The summed E-state index contributed by atoms with van der Waals surface area (Å²) in [4.78, 5) is 16.6. The van der Waals surface area contributed by atoms with Crippen molar-refractivity contribution in [1.29, 1.82) is 0 Å². The van der Waals surface area contributed by atoms with Gasteiger partial charge < -0.3 is 9.47 Å². The van der Waals surface area contributed by atoms with Crippen molar-refractivity contribution in [1.82, 2.24) is 9.80 Å². The maximum absolute atomic E-state index is 12.4. The number of rotatable bonds is 6. The van der Waals surface area contributed by atoms with Crippen molar-refractivity contribution in [3.05, 3.63) is 95.1 Å². The molecule has 5 heteroatoms. The minimum Gasteiger partial charge on any atom is -0.439 e. The molecule has 2 aliphatic heterocycles. The Morgan fingerprint density at radius 3 is 2.36 bits per heavy atom. The molecule has 2 heterocycles. The van der Waals surface area contributed by atoms with Crippen LogP contribution in [0.2, 0.25) is 0 Å². The second-order valence-corrected chi connectivity index (χ2v) is 8.95. The van der Waals surface area contributed by atoms with Gasteiger partial charge in [-0.3, -0.25) is 9.80 Å². The molecule has 2 fully saturated rings. The van der Waals surface area contributed by atoms with Gasteiger partial charge in [-0.15, -0.1) is 0 Å². The minimum absolute atomic E-state index is 0.202. The molecule has 2 aliphatic rings. The normalized spacial score (nSPS) is 19.0. The van der Waals surface area contributed by atoms with Gasteiger partial charge in [-0.05, 0) is 40.8 Å². The molecule has 0 spiro atoms. The highest BCUT2D eigenvalue weighted by atomic mass is 16.6. The molecule has 0 bridgehead atoms. The molecule has 0 saturated carbocycles. The van der Waals surface area contributed by atoms with E-state index in [2.05, 4.69) is 72.5 Å². The van der Waals surface area contributed by atoms with Gasteiger partial charge >= 0.3 is 6.09 Å². The van der Waals surface area contributed by atoms with E-state index in [0.29, 0.717) is 13.1 Å². The van der Waals surface area contributed by atoms with Crippen LogP contribution in [-0.4, -0.2) is 48.7 Å². The zero-order valence-electron chi connectivity index (χ0n) is 19.1. The van der Waals surface area contributed by atoms with E-state index in [9.17, 15) is 4.79 Å². The standard InChI is InChI=1S/C28H30N2O3/c1-21-5-9-25(10-6-21)27-20-30(28(31)33-27)19-22-7-11-24(12-8-22)26-4-2-3-23(17-26)18-29-13-15-32-16-14-29/h2-12,17,27H,13-16,18-20H2,1H3. The van der Waals surface area contributed by atoms with E-state index in [1.54, 1.807) is 4.90 Å². The van der Waals surface area contributed by atoms with E-state index >= 15 is 0 Å². The van der Waals surface area contributed by atoms with E-state index in [1.807, 2.05) is 12.1 Å². The Bertz CT molecular complexity index is 1090. The Balaban J connectivity index is 1.22. The molecule has 1 atom stereocenters. The highest BCUT2D eigenvalue weighted by Crippen LogP contribution is 2.28. The van der Waals surface area contributed by atoms with E-state index < -0.39 is 0 Å². The third-order valence-corrected chi connectivity index (χ3v) is 6.43. The lowest BCUT2D eigenvalue weighted by atomic mass is 10.0. The first-order valence-electron chi connectivity index (χ1n) is 11.6. The van der Waals surface area contributed by atoms with Gasteiger partial charge in [0.2, 0.25) is 0 Å². The van der Waals surface area contributed by atoms with Crippen LogP contribution in [0.1, 0.15) is 28.4 Å². The number of hydrogen-bond acceptors (Lipinski definition) is 4. The number of ether oxygens (including phenoxy) is 2. The second-order valence-electron chi connectivity index (χ2n) is 8.95. The van der Waals surface area contributed by atoms with Gasteiger partial charge in [-0.25, -0.2) is 4.79 Å². The summed E-state index contributed by atoms with van der Waals surface area (Å²) in [5.41, 5.74) is 7.07. The Kier molecular flexibility index (Phi) is 6.42. The molecule has 170 valence electrons. The number of morpholine rings is 1. The van der Waals surface area contributed by atoms with Gasteiger partial charge in [-0.1, -0.05) is 72.3 Å². The smallest absolute Gasteiger partial charge is 0.410 e. The van der Waals surface area contributed by atoms with Crippen LogP contribution in [0.3, 0.4) is 0 Å². The second kappa shape index (κ2) is 9.77. The first-order chi connectivity index (χ1) is 16.1. The van der Waals surface area contributed by atoms with E-state index in [1.165, 1.54) is 22.3 Å². The number of benzene rings is 3. The summed E-state index contributed by atoms with van der Waals surface area (Å²) in [7, 11) is 0. The summed E-state index contributed by atoms with van der Waals surface area (Å²) in [5.74, 6) is 0. The lowest BCUT2D eigenvalue weighted by Gasteiger charge is -2.26. The molecular weight excluding hydrogens is 412 g/mol. The summed E-state index contributed by atoms with van der Waals surface area (Å²) < 4.78 is 11.1. The third kappa shape index (κ3) is 5.27. The van der Waals surface area contributed by atoms with Crippen LogP contribution in [-0.2, 0) is 22.6 Å². The Hall–Kier alpha value is -3.15. The van der Waals surface area contributed by atoms with Crippen LogP contribution >= 0.6 is 0 Å². The molecule has 1 unspecified atom stereocenters. The number of carbonyl (C=O) groups excluding carboxylic acids is 1. The number of hydrogen-bond donors (Lipinski definition) is 0. The first kappa shape index (κ1) is 21.7. The SMILES string of the molecule is Cc1ccc(C2CN(Cc3ccc(-c4cccc(CN5CCOCC5)c4)cc3)C(=O)O2)cc1. The van der Waals surface area contributed by atoms with Gasteiger partial charge in [-0.2, -0.15) is 0 Å². The summed E-state index contributed by atoms with van der Waals surface area (Å²) in [6.45, 7) is 7.75. The summed E-state index contributed by atoms with van der Waals surface area (Å²) in [6, 6.07) is 25.4. The molecule has 0 aliphatic carbocycles. The number of aryl methyl sites for hydroxylation is 1. The molecule has 0 aromatic heterocycles. The Labute approximate surface area is 195 Å². The van der Waals surface area contributed by atoms with Gasteiger partial charge in [0.25, 0.3) is 0 Å². The lowest BCUT2D eigenvalue weighted by molar-refractivity contribution is 0.0342. The molecule has 0 radical (unpaired) electrons. The van der Waals surface area contributed by atoms with Crippen molar-refractivity contribution in [3.8, 4) is 11.1 Å². The van der Waals surface area contributed by atoms with Crippen molar-refractivity contribution in [2.24, 2.45) is 0 Å². The van der Waals surface area contributed by atoms with Crippen LogP contribution < -0.4 is 0 Å². The molecule has 33 heavy (non-hydrogen) atoms. The summed E-state index contributed by atoms with van der Waals surface area (Å²) in [6.07, 6.45) is -0.452. The summed E-state index contributed by atoms with van der Waals surface area (Å²) >= 11 is 0. The number of cyclic esters (lactones) is 1. The van der Waals surface area contributed by atoms with Crippen molar-refractivity contribution >= 4 is 6.09 Å². The largest absolute Gasteiger partial charge is 0.439 e. The van der Waals surface area contributed by atoms with Crippen molar-refractivity contribution in [2.75, 3.05) is 32.8 Å². The number of amides is 1. The monoisotopic (exact) mass is 442 g/mol. The number of carbonyl (C=O) groups is 1. The zero-order valence-corrected chi connectivity index (χ0v) is 19.1. The number of nitrogens with zero attached hydrogens (tertiary/aromatic N) is 2. The van der Waals surface area contributed by atoms with Crippen molar-refractivity contribution < 1.29 is 14.3 Å². The molecule has 5 rings (SSSR count). The highest BCUT2D eigenvalue weighted by Gasteiger charge is 2.32. The molecule has 2 saturated heterocycles. The molecule has 0 N–H and O–H groups in total. The fraction of sp³-hybridized carbons (Fsp3) is 0.321. The minimum atomic E-state index is -0.250. The third-order valence-electron chi connectivity index (χ3n) is 6.43. The highest BCUT2D eigenvalue weighted by molar-refractivity contribution is 5.70.